The van der Waals surface area contributed by atoms with Crippen molar-refractivity contribution in [1.29, 1.82) is 0 Å². The zero-order chi connectivity index (χ0) is 16.8. The number of hydrogen-bond acceptors (Lipinski definition) is 4. The minimum absolute atomic E-state index is 0.0642. The smallest absolute Gasteiger partial charge is 0.237 e. The number of imidazole rings is 1. The van der Waals surface area contributed by atoms with Crippen molar-refractivity contribution >= 4 is 11.8 Å². The van der Waals surface area contributed by atoms with Crippen molar-refractivity contribution in [2.24, 2.45) is 0 Å². The Labute approximate surface area is 136 Å². The van der Waals surface area contributed by atoms with Gasteiger partial charge in [0.1, 0.15) is 5.82 Å². The van der Waals surface area contributed by atoms with Crippen molar-refractivity contribution in [1.82, 2.24) is 25.1 Å². The zero-order valence-electron chi connectivity index (χ0n) is 14.0. The highest BCUT2D eigenvalue weighted by molar-refractivity contribution is 5.88. The molecule has 2 rings (SSSR count). The number of carbonyl (C=O) groups is 2. The van der Waals surface area contributed by atoms with Crippen LogP contribution in [0.2, 0.25) is 0 Å². The predicted molar refractivity (Wildman–Crippen MR) is 87.5 cm³/mol. The lowest BCUT2D eigenvalue weighted by molar-refractivity contribution is -0.138. The molecule has 0 unspecified atom stereocenters. The summed E-state index contributed by atoms with van der Waals surface area (Å²) in [5.74, 6) is 0.596. The van der Waals surface area contributed by atoms with Crippen molar-refractivity contribution in [3.8, 4) is 0 Å². The van der Waals surface area contributed by atoms with Gasteiger partial charge >= 0.3 is 0 Å². The Balaban J connectivity index is 1.97. The summed E-state index contributed by atoms with van der Waals surface area (Å²) in [6, 6.07) is -0.411. The number of hydrogen-bond donors (Lipinski definition) is 2. The standard InChI is InChI=1S/C16H25N5O2/c1-12(2)4-8-21-9-7-19-16(23)13(21)10-15(22)20(3)11-14-17-5-6-18-14/h4-6,13H,7-11H2,1-3H3,(H,17,18)(H,19,23)/t13-/m1/s1. The van der Waals surface area contributed by atoms with Crippen LogP contribution in [0.4, 0.5) is 0 Å². The lowest BCUT2D eigenvalue weighted by Gasteiger charge is -2.34. The molecule has 1 aliphatic heterocycles. The van der Waals surface area contributed by atoms with Gasteiger partial charge in [0.15, 0.2) is 0 Å². The molecule has 0 radical (unpaired) electrons. The van der Waals surface area contributed by atoms with Crippen molar-refractivity contribution in [2.45, 2.75) is 32.9 Å². The molecule has 7 nitrogen and oxygen atoms in total. The van der Waals surface area contributed by atoms with Gasteiger partial charge < -0.3 is 15.2 Å². The molecule has 0 bridgehead atoms. The number of piperazine rings is 1. The van der Waals surface area contributed by atoms with Gasteiger partial charge in [-0.2, -0.15) is 0 Å². The Morgan fingerprint density at radius 3 is 2.96 bits per heavy atom. The predicted octanol–water partition coefficient (Wildman–Crippen LogP) is 0.525. The van der Waals surface area contributed by atoms with Gasteiger partial charge in [0.05, 0.1) is 19.0 Å². The first kappa shape index (κ1) is 17.2. The van der Waals surface area contributed by atoms with Crippen LogP contribution < -0.4 is 5.32 Å². The lowest BCUT2D eigenvalue weighted by atomic mass is 10.1. The van der Waals surface area contributed by atoms with Gasteiger partial charge in [0.25, 0.3) is 0 Å². The first-order chi connectivity index (χ1) is 11.0. The van der Waals surface area contributed by atoms with E-state index in [0.29, 0.717) is 19.6 Å². The molecule has 2 heterocycles. The molecule has 1 atom stereocenters. The van der Waals surface area contributed by atoms with Crippen molar-refractivity contribution in [3.63, 3.8) is 0 Å². The maximum Gasteiger partial charge on any atom is 0.237 e. The zero-order valence-corrected chi connectivity index (χ0v) is 14.0. The number of rotatable bonds is 6. The molecule has 23 heavy (non-hydrogen) atoms. The topological polar surface area (TPSA) is 81.3 Å². The Kier molecular flexibility index (Phi) is 5.92. The highest BCUT2D eigenvalue weighted by Crippen LogP contribution is 2.12. The monoisotopic (exact) mass is 319 g/mol. The van der Waals surface area contributed by atoms with Gasteiger partial charge in [0, 0.05) is 39.1 Å². The molecule has 0 aliphatic carbocycles. The average Bonchev–Trinajstić information content (AvgIpc) is 3.00. The fourth-order valence-corrected chi connectivity index (χ4v) is 2.52. The number of H-pyrrole nitrogens is 1. The summed E-state index contributed by atoms with van der Waals surface area (Å²) in [5.41, 5.74) is 1.20. The summed E-state index contributed by atoms with van der Waals surface area (Å²) in [7, 11) is 1.73. The Morgan fingerprint density at radius 1 is 1.52 bits per heavy atom. The summed E-state index contributed by atoms with van der Waals surface area (Å²) >= 11 is 0. The molecule has 0 saturated carbocycles. The van der Waals surface area contributed by atoms with Crippen LogP contribution in [0.3, 0.4) is 0 Å². The normalized spacial score (nSPS) is 18.4. The van der Waals surface area contributed by atoms with Gasteiger partial charge in [-0.25, -0.2) is 4.98 Å². The van der Waals surface area contributed by atoms with Crippen molar-refractivity contribution in [3.05, 3.63) is 29.9 Å². The fourth-order valence-electron chi connectivity index (χ4n) is 2.52. The third-order valence-electron chi connectivity index (χ3n) is 3.91. The van der Waals surface area contributed by atoms with Gasteiger partial charge in [0.2, 0.25) is 11.8 Å². The molecule has 1 aromatic heterocycles. The number of nitrogens with zero attached hydrogens (tertiary/aromatic N) is 3. The summed E-state index contributed by atoms with van der Waals surface area (Å²) in [6.45, 7) is 6.55. The molecule has 2 N–H and O–H groups in total. The van der Waals surface area contributed by atoms with Crippen LogP contribution in [0.25, 0.3) is 0 Å². The second kappa shape index (κ2) is 7.92. The highest BCUT2D eigenvalue weighted by atomic mass is 16.2. The SMILES string of the molecule is CC(C)=CCN1CCNC(=O)[C@H]1CC(=O)N(C)Cc1ncc[nH]1. The molecule has 0 aromatic carbocycles. The van der Waals surface area contributed by atoms with E-state index < -0.39 is 6.04 Å². The van der Waals surface area contributed by atoms with Gasteiger partial charge in [-0.05, 0) is 13.8 Å². The fraction of sp³-hybridized carbons (Fsp3) is 0.562. The molecule has 1 aromatic rings. The Morgan fingerprint density at radius 2 is 2.30 bits per heavy atom. The van der Waals surface area contributed by atoms with Crippen LogP contribution in [0, 0.1) is 0 Å². The highest BCUT2D eigenvalue weighted by Gasteiger charge is 2.31. The van der Waals surface area contributed by atoms with Crippen LogP contribution in [0.5, 0.6) is 0 Å². The summed E-state index contributed by atoms with van der Waals surface area (Å²) < 4.78 is 0. The van der Waals surface area contributed by atoms with E-state index in [0.717, 1.165) is 12.4 Å². The van der Waals surface area contributed by atoms with Crippen LogP contribution in [0.1, 0.15) is 26.1 Å². The number of nitrogens with one attached hydrogen (secondary N) is 2. The molecule has 7 heteroatoms. The Hall–Kier alpha value is -2.15. The van der Waals surface area contributed by atoms with E-state index >= 15 is 0 Å². The number of allylic oxidation sites excluding steroid dienone is 1. The summed E-state index contributed by atoms with van der Waals surface area (Å²) in [4.78, 5) is 35.3. The molecule has 2 amide bonds. The minimum atomic E-state index is -0.411. The second-order valence-corrected chi connectivity index (χ2v) is 6.07. The van der Waals surface area contributed by atoms with Crippen molar-refractivity contribution in [2.75, 3.05) is 26.7 Å². The summed E-state index contributed by atoms with van der Waals surface area (Å²) in [5, 5.41) is 2.85. The minimum Gasteiger partial charge on any atom is -0.353 e. The van der Waals surface area contributed by atoms with E-state index in [1.807, 2.05) is 13.8 Å². The quantitative estimate of drug-likeness (QED) is 0.749. The van der Waals surface area contributed by atoms with E-state index in [-0.39, 0.29) is 18.2 Å². The molecule has 126 valence electrons. The van der Waals surface area contributed by atoms with Crippen LogP contribution in [-0.4, -0.2) is 64.3 Å². The number of amides is 2. The molecule has 1 saturated heterocycles. The van der Waals surface area contributed by atoms with E-state index in [1.165, 1.54) is 5.57 Å². The maximum absolute atomic E-state index is 12.4. The third-order valence-corrected chi connectivity index (χ3v) is 3.91. The van der Waals surface area contributed by atoms with Crippen LogP contribution in [-0.2, 0) is 16.1 Å². The molecular formula is C16H25N5O2. The van der Waals surface area contributed by atoms with Crippen molar-refractivity contribution < 1.29 is 9.59 Å². The number of aromatic nitrogens is 2. The molecule has 0 spiro atoms. The van der Waals surface area contributed by atoms with E-state index in [1.54, 1.807) is 24.3 Å². The van der Waals surface area contributed by atoms with E-state index in [9.17, 15) is 9.59 Å². The van der Waals surface area contributed by atoms with Crippen LogP contribution in [0.15, 0.2) is 24.0 Å². The lowest BCUT2D eigenvalue weighted by Crippen LogP contribution is -2.56. The Bertz CT molecular complexity index is 563. The van der Waals surface area contributed by atoms with E-state index in [4.69, 9.17) is 0 Å². The molecule has 1 fully saturated rings. The van der Waals surface area contributed by atoms with Crippen LogP contribution >= 0.6 is 0 Å². The van der Waals surface area contributed by atoms with Gasteiger partial charge in [-0.1, -0.05) is 11.6 Å². The maximum atomic E-state index is 12.4. The number of aromatic amines is 1. The molecule has 1 aliphatic rings. The van der Waals surface area contributed by atoms with E-state index in [2.05, 4.69) is 26.3 Å². The molecular weight excluding hydrogens is 294 g/mol. The van der Waals surface area contributed by atoms with Gasteiger partial charge in [-0.15, -0.1) is 0 Å². The summed E-state index contributed by atoms with van der Waals surface area (Å²) in [6.07, 6.45) is 5.65. The second-order valence-electron chi connectivity index (χ2n) is 6.07. The third kappa shape index (κ3) is 4.92. The first-order valence-electron chi connectivity index (χ1n) is 7.84. The first-order valence-corrected chi connectivity index (χ1v) is 7.84. The largest absolute Gasteiger partial charge is 0.353 e. The van der Waals surface area contributed by atoms with Gasteiger partial charge in [-0.3, -0.25) is 14.5 Å². The number of carbonyl (C=O) groups excluding carboxylic acids is 2. The average molecular weight is 319 g/mol.